The van der Waals surface area contributed by atoms with Crippen LogP contribution in [0.4, 0.5) is 0 Å². The van der Waals surface area contributed by atoms with Crippen molar-refractivity contribution < 1.29 is 4.42 Å². The van der Waals surface area contributed by atoms with Crippen molar-refractivity contribution in [3.8, 4) is 0 Å². The van der Waals surface area contributed by atoms with E-state index in [0.717, 1.165) is 12.3 Å². The van der Waals surface area contributed by atoms with Gasteiger partial charge in [0.1, 0.15) is 5.76 Å². The van der Waals surface area contributed by atoms with Crippen LogP contribution in [0.5, 0.6) is 0 Å². The molecule has 1 N–H and O–H groups in total. The molecular formula is C14H22ClNO. The number of hydrogen-bond donors (Lipinski definition) is 1. The van der Waals surface area contributed by atoms with Crippen LogP contribution in [0.15, 0.2) is 16.5 Å². The second-order valence-corrected chi connectivity index (χ2v) is 5.30. The van der Waals surface area contributed by atoms with Crippen molar-refractivity contribution in [2.24, 2.45) is 5.92 Å². The molecule has 1 aliphatic rings. The Labute approximate surface area is 109 Å². The van der Waals surface area contributed by atoms with Gasteiger partial charge in [0, 0.05) is 0 Å². The molecule has 0 spiro atoms. The lowest BCUT2D eigenvalue weighted by Crippen LogP contribution is -2.27. The maximum atomic E-state index is 5.88. The van der Waals surface area contributed by atoms with Crippen LogP contribution < -0.4 is 5.32 Å². The Balaban J connectivity index is 2.09. The summed E-state index contributed by atoms with van der Waals surface area (Å²) in [5.41, 5.74) is 0. The number of nitrogens with one attached hydrogen (secondary N) is 1. The molecule has 0 aliphatic heterocycles. The molecule has 0 aromatic carbocycles. The summed E-state index contributed by atoms with van der Waals surface area (Å²) < 4.78 is 5.60. The Bertz CT molecular complexity index is 329. The summed E-state index contributed by atoms with van der Waals surface area (Å²) in [4.78, 5) is 0. The second-order valence-electron chi connectivity index (χ2n) is 4.93. The molecule has 0 saturated heterocycles. The molecule has 2 nitrogen and oxygen atoms in total. The van der Waals surface area contributed by atoms with Crippen LogP contribution in [0.2, 0.25) is 5.22 Å². The molecule has 1 saturated carbocycles. The fourth-order valence-corrected chi connectivity index (χ4v) is 3.01. The normalized spacial score (nSPS) is 20.1. The average molecular weight is 256 g/mol. The topological polar surface area (TPSA) is 25.2 Å². The van der Waals surface area contributed by atoms with E-state index in [1.54, 1.807) is 0 Å². The van der Waals surface area contributed by atoms with Crippen molar-refractivity contribution >= 4 is 11.6 Å². The van der Waals surface area contributed by atoms with E-state index in [9.17, 15) is 0 Å². The highest BCUT2D eigenvalue weighted by Gasteiger charge is 2.25. The van der Waals surface area contributed by atoms with Gasteiger partial charge in [-0.3, -0.25) is 0 Å². The average Bonchev–Trinajstić information content (AvgIpc) is 2.60. The Morgan fingerprint density at radius 1 is 1.29 bits per heavy atom. The smallest absolute Gasteiger partial charge is 0.193 e. The summed E-state index contributed by atoms with van der Waals surface area (Å²) in [6.07, 6.45) is 8.07. The van der Waals surface area contributed by atoms with E-state index >= 15 is 0 Å². The molecule has 1 aromatic heterocycles. The molecule has 1 unspecified atom stereocenters. The van der Waals surface area contributed by atoms with E-state index in [1.807, 2.05) is 12.1 Å². The molecule has 96 valence electrons. The first-order chi connectivity index (χ1) is 8.31. The van der Waals surface area contributed by atoms with Crippen molar-refractivity contribution in [1.82, 2.24) is 5.32 Å². The predicted molar refractivity (Wildman–Crippen MR) is 71.3 cm³/mol. The third-order valence-electron chi connectivity index (χ3n) is 3.70. The first-order valence-electron chi connectivity index (χ1n) is 6.80. The molecule has 1 fully saturated rings. The molecule has 3 heteroatoms. The van der Waals surface area contributed by atoms with Crippen molar-refractivity contribution in [1.29, 1.82) is 0 Å². The number of rotatable bonds is 4. The first kappa shape index (κ1) is 13.0. The highest BCUT2D eigenvalue weighted by Crippen LogP contribution is 2.34. The van der Waals surface area contributed by atoms with Gasteiger partial charge in [-0.05, 0) is 49.0 Å². The molecule has 0 bridgehead atoms. The van der Waals surface area contributed by atoms with E-state index < -0.39 is 0 Å². The molecule has 1 aliphatic carbocycles. The summed E-state index contributed by atoms with van der Waals surface area (Å²) in [7, 11) is 0. The molecule has 0 amide bonds. The molecule has 1 atom stereocenters. The molecule has 17 heavy (non-hydrogen) atoms. The van der Waals surface area contributed by atoms with Crippen LogP contribution in [0.3, 0.4) is 0 Å². The molecule has 1 heterocycles. The zero-order valence-electron chi connectivity index (χ0n) is 10.5. The molecular weight excluding hydrogens is 234 g/mol. The van der Waals surface area contributed by atoms with E-state index in [2.05, 4.69) is 12.2 Å². The van der Waals surface area contributed by atoms with Crippen LogP contribution in [0.25, 0.3) is 0 Å². The van der Waals surface area contributed by atoms with Crippen molar-refractivity contribution in [3.63, 3.8) is 0 Å². The Kier molecular flexibility index (Phi) is 4.93. The van der Waals surface area contributed by atoms with Crippen molar-refractivity contribution in [3.05, 3.63) is 23.1 Å². The number of halogens is 1. The fourth-order valence-electron chi connectivity index (χ4n) is 2.86. The van der Waals surface area contributed by atoms with Gasteiger partial charge in [-0.1, -0.05) is 32.6 Å². The van der Waals surface area contributed by atoms with Crippen LogP contribution in [0, 0.1) is 5.92 Å². The van der Waals surface area contributed by atoms with Gasteiger partial charge in [-0.25, -0.2) is 0 Å². The lowest BCUT2D eigenvalue weighted by molar-refractivity contribution is 0.287. The van der Waals surface area contributed by atoms with Gasteiger partial charge in [-0.15, -0.1) is 0 Å². The van der Waals surface area contributed by atoms with E-state index in [4.69, 9.17) is 16.0 Å². The van der Waals surface area contributed by atoms with Crippen molar-refractivity contribution in [2.75, 3.05) is 6.54 Å². The van der Waals surface area contributed by atoms with Crippen molar-refractivity contribution in [2.45, 2.75) is 51.5 Å². The van der Waals surface area contributed by atoms with Crippen LogP contribution in [-0.2, 0) is 0 Å². The van der Waals surface area contributed by atoms with Crippen LogP contribution in [0.1, 0.15) is 57.3 Å². The monoisotopic (exact) mass is 255 g/mol. The van der Waals surface area contributed by atoms with Crippen LogP contribution in [-0.4, -0.2) is 6.54 Å². The third kappa shape index (κ3) is 3.49. The lowest BCUT2D eigenvalue weighted by atomic mass is 9.90. The minimum atomic E-state index is 0.339. The van der Waals surface area contributed by atoms with Gasteiger partial charge in [0.15, 0.2) is 5.22 Å². The highest BCUT2D eigenvalue weighted by molar-refractivity contribution is 6.28. The summed E-state index contributed by atoms with van der Waals surface area (Å²) >= 11 is 5.88. The van der Waals surface area contributed by atoms with Gasteiger partial charge in [0.05, 0.1) is 6.04 Å². The van der Waals surface area contributed by atoms with E-state index in [-0.39, 0.29) is 0 Å². The molecule has 2 rings (SSSR count). The van der Waals surface area contributed by atoms with Gasteiger partial charge < -0.3 is 9.73 Å². The number of furan rings is 1. The number of hydrogen-bond acceptors (Lipinski definition) is 2. The van der Waals surface area contributed by atoms with Gasteiger partial charge >= 0.3 is 0 Å². The van der Waals surface area contributed by atoms with Gasteiger partial charge in [-0.2, -0.15) is 0 Å². The first-order valence-corrected chi connectivity index (χ1v) is 7.17. The van der Waals surface area contributed by atoms with Gasteiger partial charge in [0.2, 0.25) is 0 Å². The standard InChI is InChI=1S/C14H22ClNO/c1-2-16-14(12-9-10-13(15)17-12)11-7-5-3-4-6-8-11/h9-11,14,16H,2-8H2,1H3. The Hall–Kier alpha value is -0.470. The van der Waals surface area contributed by atoms with E-state index in [0.29, 0.717) is 17.2 Å². The Morgan fingerprint density at radius 2 is 2.00 bits per heavy atom. The summed E-state index contributed by atoms with van der Waals surface area (Å²) in [5.74, 6) is 1.70. The summed E-state index contributed by atoms with van der Waals surface area (Å²) in [6.45, 7) is 3.12. The minimum Gasteiger partial charge on any atom is -0.448 e. The minimum absolute atomic E-state index is 0.339. The Morgan fingerprint density at radius 3 is 2.53 bits per heavy atom. The lowest BCUT2D eigenvalue weighted by Gasteiger charge is -2.25. The van der Waals surface area contributed by atoms with E-state index in [1.165, 1.54) is 38.5 Å². The molecule has 0 radical (unpaired) electrons. The maximum Gasteiger partial charge on any atom is 0.193 e. The summed E-state index contributed by atoms with van der Waals surface area (Å²) in [5, 5.41) is 4.05. The van der Waals surface area contributed by atoms with Gasteiger partial charge in [0.25, 0.3) is 0 Å². The summed E-state index contributed by atoms with van der Waals surface area (Å²) in [6, 6.07) is 4.20. The quantitative estimate of drug-likeness (QED) is 0.799. The third-order valence-corrected chi connectivity index (χ3v) is 3.90. The zero-order valence-corrected chi connectivity index (χ0v) is 11.3. The SMILES string of the molecule is CCNC(c1ccc(Cl)o1)C1CCCCCC1. The maximum absolute atomic E-state index is 5.88. The zero-order chi connectivity index (χ0) is 12.1. The molecule has 1 aromatic rings. The van der Waals surface area contributed by atoms with Crippen LogP contribution >= 0.6 is 11.6 Å². The largest absolute Gasteiger partial charge is 0.448 e. The highest BCUT2D eigenvalue weighted by atomic mass is 35.5. The second kappa shape index (κ2) is 6.46. The fraction of sp³-hybridized carbons (Fsp3) is 0.714. The predicted octanol–water partition coefficient (Wildman–Crippen LogP) is 4.55.